The highest BCUT2D eigenvalue weighted by Crippen LogP contribution is 2.23. The average molecular weight is 485 g/mol. The number of aryl methyl sites for hydroxylation is 1. The number of anilines is 1. The number of amides is 1. The zero-order valence-electron chi connectivity index (χ0n) is 20.1. The molecule has 1 N–H and O–H groups in total. The van der Waals surface area contributed by atoms with E-state index in [9.17, 15) is 14.9 Å². The molecule has 36 heavy (non-hydrogen) atoms. The highest BCUT2D eigenvalue weighted by molar-refractivity contribution is 6.07. The van der Waals surface area contributed by atoms with Gasteiger partial charge in [-0.15, -0.1) is 0 Å². The summed E-state index contributed by atoms with van der Waals surface area (Å²) in [6, 6.07) is 22.0. The molecule has 1 aromatic heterocycles. The van der Waals surface area contributed by atoms with Gasteiger partial charge in [-0.3, -0.25) is 24.7 Å². The number of carbonyl (C=O) groups is 1. The van der Waals surface area contributed by atoms with Crippen LogP contribution in [0.5, 0.6) is 0 Å². The Morgan fingerprint density at radius 2 is 1.61 bits per heavy atom. The third-order valence-corrected chi connectivity index (χ3v) is 6.66. The molecule has 0 atom stereocenters. The molecule has 5 rings (SSSR count). The number of nitrogens with one attached hydrogen (secondary N) is 1. The molecule has 0 spiro atoms. The Morgan fingerprint density at radius 1 is 0.944 bits per heavy atom. The van der Waals surface area contributed by atoms with E-state index in [1.165, 1.54) is 17.7 Å². The molecule has 9 nitrogen and oxygen atoms in total. The number of carbonyl (C=O) groups excluding carboxylic acids is 1. The Labute approximate surface area is 209 Å². The molecule has 1 fully saturated rings. The lowest BCUT2D eigenvalue weighted by Gasteiger charge is -2.34. The molecule has 1 aliphatic rings. The van der Waals surface area contributed by atoms with Crippen LogP contribution >= 0.6 is 0 Å². The monoisotopic (exact) mass is 484 g/mol. The van der Waals surface area contributed by atoms with Gasteiger partial charge in [-0.05, 0) is 29.8 Å². The van der Waals surface area contributed by atoms with Crippen LogP contribution in [0.3, 0.4) is 0 Å². The minimum absolute atomic E-state index is 0.0238. The second kappa shape index (κ2) is 10.3. The molecular formula is C27H28N6O3. The van der Waals surface area contributed by atoms with Crippen molar-refractivity contribution >= 4 is 28.3 Å². The van der Waals surface area contributed by atoms with E-state index in [4.69, 9.17) is 4.98 Å². The molecule has 0 unspecified atom stereocenters. The summed E-state index contributed by atoms with van der Waals surface area (Å²) in [6.45, 7) is 5.71. The largest absolute Gasteiger partial charge is 0.330 e. The van der Waals surface area contributed by atoms with Crippen LogP contribution in [0.1, 0.15) is 21.7 Å². The van der Waals surface area contributed by atoms with E-state index >= 15 is 0 Å². The van der Waals surface area contributed by atoms with E-state index in [-0.39, 0.29) is 11.3 Å². The second-order valence-electron chi connectivity index (χ2n) is 9.06. The van der Waals surface area contributed by atoms with Crippen molar-refractivity contribution in [2.24, 2.45) is 7.05 Å². The van der Waals surface area contributed by atoms with Crippen molar-refractivity contribution in [2.75, 3.05) is 31.5 Å². The summed E-state index contributed by atoms with van der Waals surface area (Å²) in [5, 5.41) is 14.0. The van der Waals surface area contributed by atoms with E-state index in [1.54, 1.807) is 18.2 Å². The molecule has 3 aromatic carbocycles. The zero-order valence-corrected chi connectivity index (χ0v) is 20.1. The zero-order chi connectivity index (χ0) is 25.1. The number of rotatable bonds is 7. The van der Waals surface area contributed by atoms with Crippen molar-refractivity contribution < 1.29 is 9.72 Å². The Balaban J connectivity index is 1.24. The first kappa shape index (κ1) is 23.7. The summed E-state index contributed by atoms with van der Waals surface area (Å²) >= 11 is 0. The van der Waals surface area contributed by atoms with Crippen molar-refractivity contribution in [2.45, 2.75) is 13.1 Å². The van der Waals surface area contributed by atoms with Crippen LogP contribution in [-0.4, -0.2) is 56.4 Å². The molecule has 1 amide bonds. The molecule has 1 saturated heterocycles. The molecule has 0 bridgehead atoms. The SMILES string of the molecule is Cn1c(CN2CCN(Cc3ccccc3)CC2)nc2cc(NC(=O)c3ccccc3[N+](=O)[O-])ccc21. The van der Waals surface area contributed by atoms with Crippen LogP contribution in [0.25, 0.3) is 11.0 Å². The van der Waals surface area contributed by atoms with Crippen molar-refractivity contribution in [3.05, 3.63) is 99.9 Å². The van der Waals surface area contributed by atoms with Crippen molar-refractivity contribution in [3.63, 3.8) is 0 Å². The summed E-state index contributed by atoms with van der Waals surface area (Å²) in [5.41, 5.74) is 3.43. The van der Waals surface area contributed by atoms with Crippen LogP contribution in [-0.2, 0) is 20.1 Å². The Hall–Kier alpha value is -4.08. The third-order valence-electron chi connectivity index (χ3n) is 6.66. The lowest BCUT2D eigenvalue weighted by atomic mass is 10.1. The summed E-state index contributed by atoms with van der Waals surface area (Å²) in [7, 11) is 2.00. The number of nitro groups is 1. The summed E-state index contributed by atoms with van der Waals surface area (Å²) in [5.74, 6) is 0.440. The van der Waals surface area contributed by atoms with Crippen LogP contribution in [0.4, 0.5) is 11.4 Å². The first-order valence-corrected chi connectivity index (χ1v) is 12.0. The number of nitrogens with zero attached hydrogens (tertiary/aromatic N) is 5. The number of imidazole rings is 1. The fraction of sp³-hybridized carbons (Fsp3) is 0.259. The van der Waals surface area contributed by atoms with E-state index in [0.29, 0.717) is 5.69 Å². The Morgan fingerprint density at radius 3 is 2.33 bits per heavy atom. The molecule has 9 heteroatoms. The molecule has 4 aromatic rings. The second-order valence-corrected chi connectivity index (χ2v) is 9.06. The standard InChI is InChI=1S/C27H28N6O3/c1-30-25-12-11-21(28-27(34)22-9-5-6-10-24(22)33(35)36)17-23(25)29-26(30)19-32-15-13-31(14-16-32)18-20-7-3-2-4-8-20/h2-12,17H,13-16,18-19H2,1H3,(H,28,34). The number of benzene rings is 3. The summed E-state index contributed by atoms with van der Waals surface area (Å²) in [4.78, 5) is 33.1. The minimum atomic E-state index is -0.551. The number of fused-ring (bicyclic) bond motifs is 1. The van der Waals surface area contributed by atoms with Crippen LogP contribution in [0, 0.1) is 10.1 Å². The van der Waals surface area contributed by atoms with Gasteiger partial charge in [0.2, 0.25) is 0 Å². The van der Waals surface area contributed by atoms with Gasteiger partial charge in [0.1, 0.15) is 11.4 Å². The van der Waals surface area contributed by atoms with Gasteiger partial charge in [0.15, 0.2) is 0 Å². The molecule has 2 heterocycles. The maximum atomic E-state index is 12.7. The van der Waals surface area contributed by atoms with E-state index in [2.05, 4.69) is 43.9 Å². The lowest BCUT2D eigenvalue weighted by Crippen LogP contribution is -2.45. The van der Waals surface area contributed by atoms with Crippen molar-refractivity contribution in [3.8, 4) is 0 Å². The van der Waals surface area contributed by atoms with Gasteiger partial charge < -0.3 is 9.88 Å². The first-order chi connectivity index (χ1) is 17.5. The first-order valence-electron chi connectivity index (χ1n) is 12.0. The smallest absolute Gasteiger partial charge is 0.282 e. The van der Waals surface area contributed by atoms with Gasteiger partial charge in [0, 0.05) is 51.5 Å². The minimum Gasteiger partial charge on any atom is -0.330 e. The average Bonchev–Trinajstić information content (AvgIpc) is 3.20. The number of piperazine rings is 1. The topological polar surface area (TPSA) is 96.5 Å². The number of para-hydroxylation sites is 1. The maximum absolute atomic E-state index is 12.7. The van der Waals surface area contributed by atoms with Crippen molar-refractivity contribution in [1.82, 2.24) is 19.4 Å². The van der Waals surface area contributed by atoms with Crippen LogP contribution in [0.15, 0.2) is 72.8 Å². The lowest BCUT2D eigenvalue weighted by molar-refractivity contribution is -0.385. The van der Waals surface area contributed by atoms with Crippen molar-refractivity contribution in [1.29, 1.82) is 0 Å². The fourth-order valence-corrected chi connectivity index (χ4v) is 4.64. The van der Waals surface area contributed by atoms with Gasteiger partial charge in [-0.25, -0.2) is 4.98 Å². The highest BCUT2D eigenvalue weighted by Gasteiger charge is 2.21. The fourth-order valence-electron chi connectivity index (χ4n) is 4.64. The molecular weight excluding hydrogens is 456 g/mol. The number of aromatic nitrogens is 2. The predicted octanol–water partition coefficient (Wildman–Crippen LogP) is 4.05. The van der Waals surface area contributed by atoms with Gasteiger partial charge in [0.25, 0.3) is 11.6 Å². The van der Waals surface area contributed by atoms with Gasteiger partial charge in [-0.1, -0.05) is 42.5 Å². The van der Waals surface area contributed by atoms with Crippen LogP contribution < -0.4 is 5.32 Å². The molecule has 1 aliphatic heterocycles. The quantitative estimate of drug-likeness (QED) is 0.314. The van der Waals surface area contributed by atoms with Crippen LogP contribution in [0.2, 0.25) is 0 Å². The van der Waals surface area contributed by atoms with Gasteiger partial charge in [-0.2, -0.15) is 0 Å². The third kappa shape index (κ3) is 5.12. The molecule has 0 saturated carbocycles. The Bertz CT molecular complexity index is 1390. The normalized spacial score (nSPS) is 14.7. The number of hydrogen-bond donors (Lipinski definition) is 1. The maximum Gasteiger partial charge on any atom is 0.282 e. The summed E-state index contributed by atoms with van der Waals surface area (Å²) in [6.07, 6.45) is 0. The van der Waals surface area contributed by atoms with Gasteiger partial charge >= 0.3 is 0 Å². The van der Waals surface area contributed by atoms with E-state index < -0.39 is 10.8 Å². The Kier molecular flexibility index (Phi) is 6.75. The van der Waals surface area contributed by atoms with E-state index in [0.717, 1.165) is 56.1 Å². The summed E-state index contributed by atoms with van der Waals surface area (Å²) < 4.78 is 2.08. The number of nitro benzene ring substituents is 1. The predicted molar refractivity (Wildman–Crippen MR) is 139 cm³/mol. The van der Waals surface area contributed by atoms with Gasteiger partial charge in [0.05, 0.1) is 22.5 Å². The molecule has 0 radical (unpaired) electrons. The number of hydrogen-bond acceptors (Lipinski definition) is 6. The highest BCUT2D eigenvalue weighted by atomic mass is 16.6. The molecule has 0 aliphatic carbocycles. The van der Waals surface area contributed by atoms with E-state index in [1.807, 2.05) is 25.2 Å². The molecule has 184 valence electrons.